The highest BCUT2D eigenvalue weighted by Crippen LogP contribution is 2.28. The second-order valence-electron chi connectivity index (χ2n) is 9.04. The van der Waals surface area contributed by atoms with Gasteiger partial charge >= 0.3 is 0 Å². The molecule has 38 heavy (non-hydrogen) atoms. The molecule has 7 heteroatoms. The van der Waals surface area contributed by atoms with Gasteiger partial charge in [-0.3, -0.25) is 4.79 Å². The molecule has 1 heterocycles. The fourth-order valence-corrected chi connectivity index (χ4v) is 4.66. The van der Waals surface area contributed by atoms with Crippen LogP contribution in [0.5, 0.6) is 11.5 Å². The van der Waals surface area contributed by atoms with Crippen LogP contribution in [0.15, 0.2) is 79.4 Å². The summed E-state index contributed by atoms with van der Waals surface area (Å²) in [7, 11) is 1.66. The molecule has 0 unspecified atom stereocenters. The largest absolute Gasteiger partial charge is 0.493 e. The number of rotatable bonds is 14. The van der Waals surface area contributed by atoms with Gasteiger partial charge in [0.15, 0.2) is 11.5 Å². The first-order chi connectivity index (χ1) is 18.6. The van der Waals surface area contributed by atoms with Gasteiger partial charge in [-0.25, -0.2) is 4.98 Å². The van der Waals surface area contributed by atoms with Crippen LogP contribution in [0.2, 0.25) is 5.02 Å². The summed E-state index contributed by atoms with van der Waals surface area (Å²) >= 11 is 6.14. The van der Waals surface area contributed by atoms with Gasteiger partial charge in [-0.1, -0.05) is 48.0 Å². The van der Waals surface area contributed by atoms with E-state index in [-0.39, 0.29) is 5.91 Å². The second-order valence-corrected chi connectivity index (χ2v) is 9.45. The summed E-state index contributed by atoms with van der Waals surface area (Å²) in [6, 6.07) is 21.3. The summed E-state index contributed by atoms with van der Waals surface area (Å²) in [5.41, 5.74) is 3.76. The Bertz CT molecular complexity index is 1380. The number of nitrogens with zero attached hydrogens (tertiary/aromatic N) is 2. The van der Waals surface area contributed by atoms with Crippen LogP contribution >= 0.6 is 11.6 Å². The molecular weight excluding hydrogens is 498 g/mol. The maximum absolute atomic E-state index is 12.4. The zero-order valence-corrected chi connectivity index (χ0v) is 22.5. The monoisotopic (exact) mass is 531 g/mol. The predicted molar refractivity (Wildman–Crippen MR) is 153 cm³/mol. The van der Waals surface area contributed by atoms with E-state index in [9.17, 15) is 4.79 Å². The number of unbranched alkanes of at least 4 members (excludes halogenated alkanes) is 1. The topological polar surface area (TPSA) is 65.4 Å². The zero-order valence-electron chi connectivity index (χ0n) is 21.8. The van der Waals surface area contributed by atoms with Crippen molar-refractivity contribution >= 4 is 28.5 Å². The first kappa shape index (κ1) is 27.3. The number of aromatic nitrogens is 2. The lowest BCUT2D eigenvalue weighted by Crippen LogP contribution is -2.25. The number of hydrogen-bond acceptors (Lipinski definition) is 4. The summed E-state index contributed by atoms with van der Waals surface area (Å²) in [4.78, 5) is 17.3. The molecule has 0 aliphatic heterocycles. The van der Waals surface area contributed by atoms with Crippen LogP contribution in [-0.4, -0.2) is 35.7 Å². The molecule has 4 aromatic rings. The Balaban J connectivity index is 1.30. The minimum Gasteiger partial charge on any atom is -0.493 e. The van der Waals surface area contributed by atoms with E-state index in [4.69, 9.17) is 26.1 Å². The lowest BCUT2D eigenvalue weighted by Gasteiger charge is -2.13. The third kappa shape index (κ3) is 6.95. The molecule has 3 aromatic carbocycles. The lowest BCUT2D eigenvalue weighted by atomic mass is 10.1. The third-order valence-corrected chi connectivity index (χ3v) is 6.69. The minimum absolute atomic E-state index is 0.156. The summed E-state index contributed by atoms with van der Waals surface area (Å²) in [5, 5.41) is 3.42. The molecule has 0 fully saturated rings. The molecule has 1 aromatic heterocycles. The van der Waals surface area contributed by atoms with Crippen molar-refractivity contribution in [2.45, 2.75) is 38.6 Å². The summed E-state index contributed by atoms with van der Waals surface area (Å²) in [6.45, 7) is 5.79. The number of amides is 1. The van der Waals surface area contributed by atoms with Gasteiger partial charge in [0.1, 0.15) is 5.82 Å². The van der Waals surface area contributed by atoms with Gasteiger partial charge in [-0.15, -0.1) is 6.58 Å². The van der Waals surface area contributed by atoms with E-state index in [2.05, 4.69) is 22.5 Å². The van der Waals surface area contributed by atoms with Crippen molar-refractivity contribution in [2.24, 2.45) is 0 Å². The Morgan fingerprint density at radius 2 is 1.87 bits per heavy atom. The van der Waals surface area contributed by atoms with Gasteiger partial charge in [0.2, 0.25) is 0 Å². The second kappa shape index (κ2) is 13.7. The minimum atomic E-state index is -0.156. The molecule has 0 saturated carbocycles. The van der Waals surface area contributed by atoms with Gasteiger partial charge < -0.3 is 19.4 Å². The Hall–Kier alpha value is -3.77. The maximum Gasteiger partial charge on any atom is 0.252 e. The Labute approximate surface area is 229 Å². The van der Waals surface area contributed by atoms with Crippen molar-refractivity contribution in [3.8, 4) is 11.5 Å². The number of carbonyl (C=O) groups is 1. The van der Waals surface area contributed by atoms with Crippen molar-refractivity contribution in [3.05, 3.63) is 101 Å². The number of aryl methyl sites for hydroxylation is 2. The van der Waals surface area contributed by atoms with Crippen LogP contribution < -0.4 is 14.8 Å². The highest BCUT2D eigenvalue weighted by Gasteiger charge is 2.12. The van der Waals surface area contributed by atoms with Gasteiger partial charge in [0.25, 0.3) is 5.91 Å². The third-order valence-electron chi connectivity index (χ3n) is 6.36. The van der Waals surface area contributed by atoms with Crippen molar-refractivity contribution < 1.29 is 14.3 Å². The summed E-state index contributed by atoms with van der Waals surface area (Å²) in [6.07, 6.45) is 6.07. The van der Waals surface area contributed by atoms with Crippen LogP contribution in [-0.2, 0) is 19.4 Å². The fourth-order valence-electron chi connectivity index (χ4n) is 4.43. The van der Waals surface area contributed by atoms with E-state index >= 15 is 0 Å². The molecule has 0 atom stereocenters. The van der Waals surface area contributed by atoms with Crippen LogP contribution in [0.25, 0.3) is 11.0 Å². The van der Waals surface area contributed by atoms with Gasteiger partial charge in [-0.05, 0) is 67.6 Å². The number of methoxy groups -OCH3 is 1. The van der Waals surface area contributed by atoms with Crippen LogP contribution in [0.1, 0.15) is 41.0 Å². The maximum atomic E-state index is 12.4. The van der Waals surface area contributed by atoms with Crippen molar-refractivity contribution in [2.75, 3.05) is 20.3 Å². The first-order valence-electron chi connectivity index (χ1n) is 13.0. The number of para-hydroxylation sites is 2. The molecule has 0 bridgehead atoms. The predicted octanol–water partition coefficient (Wildman–Crippen LogP) is 6.65. The van der Waals surface area contributed by atoms with Crippen molar-refractivity contribution in [1.82, 2.24) is 14.9 Å². The van der Waals surface area contributed by atoms with Gasteiger partial charge in [0.05, 0.1) is 35.3 Å². The zero-order chi connectivity index (χ0) is 26.7. The number of benzene rings is 3. The Kier molecular flexibility index (Phi) is 9.82. The highest BCUT2D eigenvalue weighted by atomic mass is 35.5. The number of halogens is 1. The average Bonchev–Trinajstić information content (AvgIpc) is 3.29. The smallest absolute Gasteiger partial charge is 0.252 e. The quantitative estimate of drug-likeness (QED) is 0.146. The molecule has 1 amide bonds. The normalized spacial score (nSPS) is 10.9. The number of fused-ring (bicyclic) bond motifs is 1. The van der Waals surface area contributed by atoms with Crippen LogP contribution in [0.4, 0.5) is 0 Å². The van der Waals surface area contributed by atoms with E-state index in [1.54, 1.807) is 19.2 Å². The number of hydrogen-bond donors (Lipinski definition) is 1. The fraction of sp³-hybridized carbons (Fsp3) is 0.290. The molecule has 4 rings (SSSR count). The highest BCUT2D eigenvalue weighted by molar-refractivity contribution is 6.33. The van der Waals surface area contributed by atoms with Crippen LogP contribution in [0.3, 0.4) is 0 Å². The van der Waals surface area contributed by atoms with Gasteiger partial charge in [0, 0.05) is 19.5 Å². The molecular formula is C31H34ClN3O3. The molecule has 198 valence electrons. The van der Waals surface area contributed by atoms with Crippen LogP contribution in [0, 0.1) is 0 Å². The van der Waals surface area contributed by atoms with Crippen molar-refractivity contribution in [3.63, 3.8) is 0 Å². The molecule has 0 aliphatic carbocycles. The van der Waals surface area contributed by atoms with Gasteiger partial charge in [-0.2, -0.15) is 0 Å². The lowest BCUT2D eigenvalue weighted by molar-refractivity contribution is 0.0953. The molecule has 6 nitrogen and oxygen atoms in total. The summed E-state index contributed by atoms with van der Waals surface area (Å²) < 4.78 is 13.8. The molecule has 1 N–H and O–H groups in total. The summed E-state index contributed by atoms with van der Waals surface area (Å²) in [5.74, 6) is 2.37. The number of imidazole rings is 1. The average molecular weight is 532 g/mol. The first-order valence-corrected chi connectivity index (χ1v) is 13.4. The van der Waals surface area contributed by atoms with E-state index in [1.165, 1.54) is 0 Å². The Morgan fingerprint density at radius 3 is 2.68 bits per heavy atom. The van der Waals surface area contributed by atoms with E-state index in [0.29, 0.717) is 23.7 Å². The number of ether oxygens (including phenoxy) is 2. The van der Waals surface area contributed by atoms with E-state index < -0.39 is 0 Å². The number of nitrogens with one attached hydrogen (secondary N) is 1. The van der Waals surface area contributed by atoms with Crippen molar-refractivity contribution in [1.29, 1.82) is 0 Å². The number of allylic oxidation sites excluding steroid dienone is 1. The molecule has 0 radical (unpaired) electrons. The standard InChI is InChI=1S/C31H34ClN3O3/c1-3-11-23-17-18-28(29(22-23)37-2)38-21-9-8-20-35-27-15-7-6-14-26(27)34-30(35)16-10-19-33-31(36)24-12-4-5-13-25(24)32/h3-7,12-15,17-18,22H,1,8-11,16,19-21H2,2H3,(H,33,36). The SMILES string of the molecule is C=CCc1ccc(OCCCCn2c(CCCNC(=O)c3ccccc3Cl)nc3ccccc32)c(OC)c1. The number of carbonyl (C=O) groups excluding carboxylic acids is 1. The van der Waals surface area contributed by atoms with E-state index in [1.807, 2.05) is 54.6 Å². The molecule has 0 spiro atoms. The van der Waals surface area contributed by atoms with E-state index in [0.717, 1.165) is 72.6 Å². The molecule has 0 aliphatic rings. The Morgan fingerprint density at radius 1 is 1.05 bits per heavy atom. The molecule has 0 saturated heterocycles.